The van der Waals surface area contributed by atoms with Crippen LogP contribution in [-0.2, 0) is 37.4 Å². The lowest BCUT2D eigenvalue weighted by molar-refractivity contribution is -0.143. The highest BCUT2D eigenvalue weighted by Gasteiger charge is 2.40. The molecule has 0 rings (SSSR count). The first kappa shape index (κ1) is 35.4. The summed E-state index contributed by atoms with van der Waals surface area (Å²) in [6.07, 6.45) is -4.02. The number of carboxylic acids is 1. The lowest BCUT2D eigenvalue weighted by Gasteiger charge is -2.31. The monoisotopic (exact) mass is 569 g/mol. The van der Waals surface area contributed by atoms with Gasteiger partial charge in [0.1, 0.15) is 6.04 Å². The van der Waals surface area contributed by atoms with Crippen LogP contribution in [0.1, 0.15) is 68.2 Å². The van der Waals surface area contributed by atoms with Crippen LogP contribution in [0, 0.1) is 17.8 Å². The largest absolute Gasteiger partial charge is 0.510 e. The van der Waals surface area contributed by atoms with E-state index >= 15 is 0 Å². The van der Waals surface area contributed by atoms with Crippen LogP contribution < -0.4 is 5.73 Å². The molecule has 0 bridgehead atoms. The fourth-order valence-electron chi connectivity index (χ4n) is 2.76. The Labute approximate surface area is 224 Å². The van der Waals surface area contributed by atoms with Gasteiger partial charge in [-0.2, -0.15) is 0 Å². The summed E-state index contributed by atoms with van der Waals surface area (Å²) in [6, 6.07) is -1.13. The summed E-state index contributed by atoms with van der Waals surface area (Å²) in [5.74, 6) is -3.23. The quantitative estimate of drug-likeness (QED) is 0.0866. The minimum absolute atomic E-state index is 0.0859. The van der Waals surface area contributed by atoms with Crippen molar-refractivity contribution in [2.24, 2.45) is 28.3 Å². The highest BCUT2D eigenvalue weighted by molar-refractivity contribution is 7.52. The Bertz CT molecular complexity index is 795. The molecule has 0 heterocycles. The molecule has 3 unspecified atom stereocenters. The van der Waals surface area contributed by atoms with E-state index in [1.807, 2.05) is 0 Å². The maximum atomic E-state index is 14.0. The number of guanidine groups is 1. The third-order valence-corrected chi connectivity index (χ3v) is 6.12. The molecular weight excluding hydrogens is 525 g/mol. The molecule has 15 heteroatoms. The Hall–Kier alpha value is -2.57. The SMILES string of the molecule is CCCOC(=O)OC(OP(=O)(N=C(N)N(C)C(C(=O)O)C(C)C)OC(OC(=O)OCCC)C(C)C)C(C)C. The zero-order valence-electron chi connectivity index (χ0n) is 23.7. The standard InChI is InChI=1S/C23H44N3O11P/c1-10-12-32-22(29)34-19(15(5)6)36-38(31,25-21(24)26(9)17(14(3)4)18(27)28)37-20(16(7)8)35-23(30)33-13-11-2/h14-17,19-20H,10-13H2,1-9H3,(H,27,28)(H2,24,25,31). The highest BCUT2D eigenvalue weighted by Crippen LogP contribution is 2.54. The van der Waals surface area contributed by atoms with Crippen molar-refractivity contribution in [3.63, 3.8) is 0 Å². The number of nitrogens with two attached hydrogens (primary N) is 1. The number of aliphatic carboxylic acids is 1. The molecule has 3 N–H and O–H groups in total. The zero-order chi connectivity index (χ0) is 29.6. The van der Waals surface area contributed by atoms with Gasteiger partial charge in [0.05, 0.1) is 13.2 Å². The molecule has 0 aliphatic rings. The molecule has 0 radical (unpaired) electrons. The molecule has 0 amide bonds. The molecular formula is C23H44N3O11P. The molecule has 0 fully saturated rings. The fourth-order valence-corrected chi connectivity index (χ4v) is 4.39. The second kappa shape index (κ2) is 17.1. The lowest BCUT2D eigenvalue weighted by Crippen LogP contribution is -2.48. The Morgan fingerprint density at radius 3 is 1.53 bits per heavy atom. The number of hydrogen-bond acceptors (Lipinski definition) is 10. The van der Waals surface area contributed by atoms with Gasteiger partial charge in [-0.25, -0.2) is 28.0 Å². The number of rotatable bonds is 16. The molecule has 0 aromatic carbocycles. The van der Waals surface area contributed by atoms with E-state index in [1.54, 1.807) is 55.4 Å². The van der Waals surface area contributed by atoms with Crippen LogP contribution in [0.15, 0.2) is 4.76 Å². The molecule has 3 atom stereocenters. The minimum atomic E-state index is -4.75. The molecule has 0 aromatic heterocycles. The lowest BCUT2D eigenvalue weighted by atomic mass is 10.0. The van der Waals surface area contributed by atoms with Gasteiger partial charge in [0.25, 0.3) is 0 Å². The van der Waals surface area contributed by atoms with E-state index in [-0.39, 0.29) is 13.2 Å². The van der Waals surface area contributed by atoms with Gasteiger partial charge in [0.15, 0.2) is 0 Å². The van der Waals surface area contributed by atoms with Gasteiger partial charge >= 0.3 is 26.0 Å². The van der Waals surface area contributed by atoms with Crippen LogP contribution >= 0.6 is 7.75 Å². The Kier molecular flexibility index (Phi) is 15.9. The van der Waals surface area contributed by atoms with Crippen molar-refractivity contribution >= 4 is 32.0 Å². The van der Waals surface area contributed by atoms with Crippen molar-refractivity contribution in [2.75, 3.05) is 20.3 Å². The van der Waals surface area contributed by atoms with E-state index in [0.717, 1.165) is 4.90 Å². The van der Waals surface area contributed by atoms with E-state index in [0.29, 0.717) is 12.8 Å². The van der Waals surface area contributed by atoms with Crippen LogP contribution in [0.2, 0.25) is 0 Å². The molecule has 0 aliphatic carbocycles. The normalized spacial score (nSPS) is 15.9. The first-order valence-electron chi connectivity index (χ1n) is 12.5. The van der Waals surface area contributed by atoms with Crippen LogP contribution in [0.3, 0.4) is 0 Å². The van der Waals surface area contributed by atoms with Gasteiger partial charge in [-0.3, -0.25) is 0 Å². The van der Waals surface area contributed by atoms with Crippen molar-refractivity contribution in [3.8, 4) is 0 Å². The van der Waals surface area contributed by atoms with Gasteiger partial charge in [0.2, 0.25) is 18.5 Å². The summed E-state index contributed by atoms with van der Waals surface area (Å²) in [5, 5.41) is 9.61. The fraction of sp³-hybridized carbons (Fsp3) is 0.826. The molecule has 0 aromatic rings. The summed E-state index contributed by atoms with van der Waals surface area (Å²) in [5.41, 5.74) is 6.03. The van der Waals surface area contributed by atoms with Gasteiger partial charge in [0, 0.05) is 18.9 Å². The zero-order valence-corrected chi connectivity index (χ0v) is 24.6. The molecule has 14 nitrogen and oxygen atoms in total. The first-order valence-corrected chi connectivity index (χ1v) is 14.0. The molecule has 38 heavy (non-hydrogen) atoms. The predicted octanol–water partition coefficient (Wildman–Crippen LogP) is 4.57. The maximum Gasteiger partial charge on any atom is 0.510 e. The smallest absolute Gasteiger partial charge is 0.480 e. The summed E-state index contributed by atoms with van der Waals surface area (Å²) >= 11 is 0. The van der Waals surface area contributed by atoms with Gasteiger partial charge in [-0.05, 0) is 18.8 Å². The Balaban J connectivity index is 6.37. The number of hydrogen-bond donors (Lipinski definition) is 2. The van der Waals surface area contributed by atoms with E-state index in [1.165, 1.54) is 7.05 Å². The second-order valence-corrected chi connectivity index (χ2v) is 11.0. The second-order valence-electron chi connectivity index (χ2n) is 9.43. The van der Waals surface area contributed by atoms with Crippen molar-refractivity contribution < 1.29 is 52.1 Å². The third kappa shape index (κ3) is 12.8. The van der Waals surface area contributed by atoms with Crippen LogP contribution in [0.4, 0.5) is 9.59 Å². The molecule has 0 spiro atoms. The number of likely N-dealkylation sites (N-methyl/N-ethyl adjacent to an activating group) is 1. The maximum absolute atomic E-state index is 14.0. The summed E-state index contributed by atoms with van der Waals surface area (Å²) < 4.78 is 49.1. The Morgan fingerprint density at radius 1 is 0.842 bits per heavy atom. The molecule has 0 aliphatic heterocycles. The van der Waals surface area contributed by atoms with E-state index in [4.69, 9.17) is 33.7 Å². The van der Waals surface area contributed by atoms with Gasteiger partial charge in [-0.1, -0.05) is 55.4 Å². The molecule has 0 saturated heterocycles. The Morgan fingerprint density at radius 2 is 1.24 bits per heavy atom. The number of ether oxygens (including phenoxy) is 4. The first-order chi connectivity index (χ1) is 17.6. The van der Waals surface area contributed by atoms with E-state index < -0.39 is 68.4 Å². The highest BCUT2D eigenvalue weighted by atomic mass is 31.2. The van der Waals surface area contributed by atoms with Crippen molar-refractivity contribution in [2.45, 2.75) is 86.9 Å². The predicted molar refractivity (Wildman–Crippen MR) is 138 cm³/mol. The number of nitrogens with zero attached hydrogens (tertiary/aromatic N) is 2. The topological polar surface area (TPSA) is 186 Å². The van der Waals surface area contributed by atoms with E-state index in [2.05, 4.69) is 4.76 Å². The average molecular weight is 570 g/mol. The summed E-state index contributed by atoms with van der Waals surface area (Å²) in [7, 11) is -3.40. The van der Waals surface area contributed by atoms with Crippen LogP contribution in [0.5, 0.6) is 0 Å². The summed E-state index contributed by atoms with van der Waals surface area (Å²) in [4.78, 5) is 37.0. The molecule has 222 valence electrons. The average Bonchev–Trinajstić information content (AvgIpc) is 2.79. The van der Waals surface area contributed by atoms with Crippen LogP contribution in [0.25, 0.3) is 0 Å². The number of carboxylic acid groups (broad SMARTS) is 1. The number of carbonyl (C=O) groups excluding carboxylic acids is 2. The number of carbonyl (C=O) groups is 3. The van der Waals surface area contributed by atoms with Crippen molar-refractivity contribution in [3.05, 3.63) is 0 Å². The van der Waals surface area contributed by atoms with Gasteiger partial charge < -0.3 is 34.7 Å². The van der Waals surface area contributed by atoms with Crippen molar-refractivity contribution in [1.29, 1.82) is 0 Å². The molecule has 0 saturated carbocycles. The van der Waals surface area contributed by atoms with Crippen LogP contribution in [-0.4, -0.2) is 73.1 Å². The summed E-state index contributed by atoms with van der Waals surface area (Å²) in [6.45, 7) is 13.5. The van der Waals surface area contributed by atoms with Gasteiger partial charge in [-0.15, -0.1) is 4.76 Å². The van der Waals surface area contributed by atoms with Crippen molar-refractivity contribution in [1.82, 2.24) is 4.90 Å². The third-order valence-electron chi connectivity index (χ3n) is 4.72. The van der Waals surface area contributed by atoms with E-state index in [9.17, 15) is 24.1 Å². The minimum Gasteiger partial charge on any atom is -0.480 e.